The zero-order valence-corrected chi connectivity index (χ0v) is 21.6. The molecular formula is C28H29F6NO5. The van der Waals surface area contributed by atoms with Crippen molar-refractivity contribution in [3.8, 4) is 17.2 Å². The van der Waals surface area contributed by atoms with Gasteiger partial charge >= 0.3 is 18.3 Å². The molecule has 0 aromatic heterocycles. The molecule has 0 bridgehead atoms. The van der Waals surface area contributed by atoms with Crippen LogP contribution in [0, 0.1) is 5.92 Å². The minimum Gasteiger partial charge on any atom is -0.489 e. The topological polar surface area (TPSA) is 68.2 Å². The first kappa shape index (κ1) is 29.6. The van der Waals surface area contributed by atoms with Crippen LogP contribution in [0.3, 0.4) is 0 Å². The van der Waals surface area contributed by atoms with Gasteiger partial charge in [-0.1, -0.05) is 6.07 Å². The Morgan fingerprint density at radius 3 is 2.48 bits per heavy atom. The van der Waals surface area contributed by atoms with Crippen LogP contribution in [0.25, 0.3) is 6.08 Å². The molecule has 4 rings (SSSR count). The number of hydrogen-bond acceptors (Lipinski definition) is 5. The van der Waals surface area contributed by atoms with Gasteiger partial charge in [0.15, 0.2) is 6.10 Å². The minimum atomic E-state index is -4.92. The maximum Gasteiger partial charge on any atom is 0.425 e. The van der Waals surface area contributed by atoms with E-state index in [-0.39, 0.29) is 24.5 Å². The van der Waals surface area contributed by atoms with Crippen molar-refractivity contribution in [2.45, 2.75) is 51.2 Å². The number of hydrogen-bond donors (Lipinski definition) is 1. The van der Waals surface area contributed by atoms with Gasteiger partial charge in [-0.2, -0.15) is 26.3 Å². The molecule has 1 saturated heterocycles. The van der Waals surface area contributed by atoms with Crippen LogP contribution in [0.2, 0.25) is 0 Å². The Morgan fingerprint density at radius 1 is 1.10 bits per heavy atom. The van der Waals surface area contributed by atoms with Gasteiger partial charge in [0.25, 0.3) is 0 Å². The van der Waals surface area contributed by atoms with Crippen molar-refractivity contribution in [2.24, 2.45) is 5.92 Å². The number of aliphatic carboxylic acids is 1. The van der Waals surface area contributed by atoms with E-state index in [0.29, 0.717) is 37.6 Å². The number of rotatable bonds is 9. The van der Waals surface area contributed by atoms with Crippen molar-refractivity contribution in [1.29, 1.82) is 0 Å². The van der Waals surface area contributed by atoms with Gasteiger partial charge in [-0.15, -0.1) is 0 Å². The fourth-order valence-electron chi connectivity index (χ4n) is 4.67. The molecule has 2 aliphatic heterocycles. The second-order valence-electron chi connectivity index (χ2n) is 10.0. The first-order valence-electron chi connectivity index (χ1n) is 12.7. The first-order valence-corrected chi connectivity index (χ1v) is 12.7. The van der Waals surface area contributed by atoms with Crippen LogP contribution >= 0.6 is 0 Å². The number of halogens is 6. The third-order valence-corrected chi connectivity index (χ3v) is 6.87. The normalized spacial score (nSPS) is 17.4. The third kappa shape index (κ3) is 7.83. The van der Waals surface area contributed by atoms with Gasteiger partial charge < -0.3 is 19.3 Å². The van der Waals surface area contributed by atoms with Gasteiger partial charge in [-0.25, -0.2) is 0 Å². The molecule has 1 fully saturated rings. The van der Waals surface area contributed by atoms with E-state index in [4.69, 9.17) is 14.6 Å². The molecule has 2 aromatic carbocycles. The lowest BCUT2D eigenvalue weighted by atomic mass is 9.93. The van der Waals surface area contributed by atoms with E-state index < -0.39 is 35.7 Å². The highest BCUT2D eigenvalue weighted by Crippen LogP contribution is 2.39. The fourth-order valence-corrected chi connectivity index (χ4v) is 4.67. The summed E-state index contributed by atoms with van der Waals surface area (Å²) in [5.41, 5.74) is 0.684. The molecule has 0 unspecified atom stereocenters. The van der Waals surface area contributed by atoms with Crippen LogP contribution in [-0.2, 0) is 17.6 Å². The van der Waals surface area contributed by atoms with Gasteiger partial charge in [0, 0.05) is 24.6 Å². The van der Waals surface area contributed by atoms with Gasteiger partial charge in [0.1, 0.15) is 30.5 Å². The van der Waals surface area contributed by atoms with E-state index in [1.807, 2.05) is 6.08 Å². The Bertz CT molecular complexity index is 1230. The molecule has 0 amide bonds. The Balaban J connectivity index is 1.36. The van der Waals surface area contributed by atoms with Crippen molar-refractivity contribution in [3.63, 3.8) is 0 Å². The first-order chi connectivity index (χ1) is 18.8. The highest BCUT2D eigenvalue weighted by Gasteiger charge is 2.41. The predicted octanol–water partition coefficient (Wildman–Crippen LogP) is 6.58. The van der Waals surface area contributed by atoms with Crippen LogP contribution in [0.5, 0.6) is 17.2 Å². The van der Waals surface area contributed by atoms with Crippen LogP contribution in [-0.4, -0.2) is 54.5 Å². The number of nitrogens with zero attached hydrogens (tertiary/aromatic N) is 1. The van der Waals surface area contributed by atoms with Crippen LogP contribution in [0.15, 0.2) is 42.0 Å². The SMILES string of the molecule is C[C@H](Oc1ccc(COc2ccc3c(c2)OCC(CN2CCC(CC(=O)O)CC2)=C3)cc1C(F)(F)F)C(F)(F)F. The van der Waals surface area contributed by atoms with E-state index in [2.05, 4.69) is 9.64 Å². The third-order valence-electron chi connectivity index (χ3n) is 6.87. The number of benzene rings is 2. The quantitative estimate of drug-likeness (QED) is 0.342. The molecule has 1 N–H and O–H groups in total. The molecule has 12 heteroatoms. The Morgan fingerprint density at radius 2 is 1.82 bits per heavy atom. The lowest BCUT2D eigenvalue weighted by Crippen LogP contribution is -2.36. The lowest BCUT2D eigenvalue weighted by molar-refractivity contribution is -0.191. The number of carboxylic acid groups (broad SMARTS) is 1. The number of fused-ring (bicyclic) bond motifs is 1. The molecule has 40 heavy (non-hydrogen) atoms. The fraction of sp³-hybridized carbons (Fsp3) is 0.464. The molecule has 218 valence electrons. The van der Waals surface area contributed by atoms with E-state index in [9.17, 15) is 31.1 Å². The maximum atomic E-state index is 13.5. The summed E-state index contributed by atoms with van der Waals surface area (Å²) >= 11 is 0. The van der Waals surface area contributed by atoms with Crippen molar-refractivity contribution >= 4 is 12.0 Å². The molecule has 6 nitrogen and oxygen atoms in total. The summed E-state index contributed by atoms with van der Waals surface area (Å²) in [6.07, 6.45) is -8.25. The number of likely N-dealkylation sites (tertiary alicyclic amines) is 1. The number of ether oxygens (including phenoxy) is 3. The van der Waals surface area contributed by atoms with Crippen LogP contribution in [0.1, 0.15) is 42.9 Å². The van der Waals surface area contributed by atoms with Gasteiger partial charge in [0.05, 0.1) is 5.56 Å². The monoisotopic (exact) mass is 573 g/mol. The van der Waals surface area contributed by atoms with Gasteiger partial charge in [-0.05, 0) is 80.3 Å². The summed E-state index contributed by atoms with van der Waals surface area (Å²) < 4.78 is 95.0. The molecule has 2 aliphatic rings. The van der Waals surface area contributed by atoms with Crippen molar-refractivity contribution in [2.75, 3.05) is 26.2 Å². The summed E-state index contributed by atoms with van der Waals surface area (Å²) in [5, 5.41) is 8.97. The summed E-state index contributed by atoms with van der Waals surface area (Å²) in [6, 6.07) is 7.87. The van der Waals surface area contributed by atoms with E-state index in [1.165, 1.54) is 6.07 Å². The van der Waals surface area contributed by atoms with E-state index >= 15 is 0 Å². The summed E-state index contributed by atoms with van der Waals surface area (Å²) in [5.74, 6) is -0.558. The average Bonchev–Trinajstić information content (AvgIpc) is 2.87. The van der Waals surface area contributed by atoms with Gasteiger partial charge in [-0.3, -0.25) is 9.69 Å². The molecule has 0 aliphatic carbocycles. The number of carboxylic acids is 1. The van der Waals surface area contributed by atoms with Crippen LogP contribution < -0.4 is 14.2 Å². The highest BCUT2D eigenvalue weighted by atomic mass is 19.4. The van der Waals surface area contributed by atoms with Crippen molar-refractivity contribution < 1.29 is 50.5 Å². The molecular weight excluding hydrogens is 544 g/mol. The van der Waals surface area contributed by atoms with Crippen molar-refractivity contribution in [3.05, 3.63) is 58.7 Å². The Hall–Kier alpha value is -3.41. The number of piperidine rings is 1. The number of carbonyl (C=O) groups is 1. The Labute approximate surface area is 227 Å². The highest BCUT2D eigenvalue weighted by molar-refractivity contribution is 5.67. The van der Waals surface area contributed by atoms with Crippen LogP contribution in [0.4, 0.5) is 26.3 Å². The molecule has 1 atom stereocenters. The minimum absolute atomic E-state index is 0.104. The predicted molar refractivity (Wildman–Crippen MR) is 133 cm³/mol. The van der Waals surface area contributed by atoms with E-state index in [0.717, 1.165) is 43.1 Å². The molecule has 0 radical (unpaired) electrons. The lowest BCUT2D eigenvalue weighted by Gasteiger charge is -2.32. The standard InChI is InChI=1S/C28H29F6NO5/c1-17(27(29,30)31)40-24-5-2-19(11-23(24)28(32,33)34)15-38-22-4-3-21-10-20(16-39-25(21)13-22)14-35-8-6-18(7-9-35)12-26(36)37/h2-5,10-11,13,17-18H,6-9,12,14-16H2,1H3,(H,36,37)/t17-/m0/s1. The Kier molecular flexibility index (Phi) is 8.86. The summed E-state index contributed by atoms with van der Waals surface area (Å²) in [4.78, 5) is 13.2. The average molecular weight is 574 g/mol. The maximum absolute atomic E-state index is 13.5. The van der Waals surface area contributed by atoms with Crippen molar-refractivity contribution in [1.82, 2.24) is 4.90 Å². The van der Waals surface area contributed by atoms with Gasteiger partial charge in [0.2, 0.25) is 0 Å². The zero-order valence-electron chi connectivity index (χ0n) is 21.6. The summed E-state index contributed by atoms with van der Waals surface area (Å²) in [7, 11) is 0. The zero-order chi connectivity index (χ0) is 29.1. The molecule has 2 heterocycles. The number of alkyl halides is 6. The second-order valence-corrected chi connectivity index (χ2v) is 10.0. The van der Waals surface area contributed by atoms with E-state index in [1.54, 1.807) is 18.2 Å². The molecule has 0 saturated carbocycles. The largest absolute Gasteiger partial charge is 0.489 e. The molecule has 2 aromatic rings. The second kappa shape index (κ2) is 12.0. The molecule has 0 spiro atoms. The smallest absolute Gasteiger partial charge is 0.425 e. The summed E-state index contributed by atoms with van der Waals surface area (Å²) in [6.45, 7) is 3.09.